The van der Waals surface area contributed by atoms with Crippen molar-refractivity contribution in [2.45, 2.75) is 51.9 Å². The molecule has 0 bridgehead atoms. The van der Waals surface area contributed by atoms with Crippen LogP contribution in [0.15, 0.2) is 9.90 Å². The molecule has 4 atom stereocenters. The topological polar surface area (TPSA) is 70.3 Å². The molecule has 0 spiro atoms. The van der Waals surface area contributed by atoms with Crippen LogP contribution in [0.4, 0.5) is 0 Å². The maximum absolute atomic E-state index is 5.85. The highest BCUT2D eigenvalue weighted by Gasteiger charge is 2.34. The lowest BCUT2D eigenvalue weighted by atomic mass is 10.0. The Labute approximate surface area is 133 Å². The van der Waals surface area contributed by atoms with Crippen molar-refractivity contribution in [2.75, 3.05) is 7.11 Å². The van der Waals surface area contributed by atoms with Crippen molar-refractivity contribution >= 4 is 11.3 Å². The van der Waals surface area contributed by atoms with Gasteiger partial charge in [-0.15, -0.1) is 11.3 Å². The van der Waals surface area contributed by atoms with Gasteiger partial charge in [-0.05, 0) is 26.2 Å². The number of aromatic nitrogens is 3. The van der Waals surface area contributed by atoms with E-state index in [9.17, 15) is 0 Å². The van der Waals surface area contributed by atoms with E-state index in [1.165, 1.54) is 0 Å². The summed E-state index contributed by atoms with van der Waals surface area (Å²) in [5.41, 5.74) is 0.935. The summed E-state index contributed by atoms with van der Waals surface area (Å²) in [7, 11) is 1.68. The second-order valence-electron chi connectivity index (χ2n) is 5.86. The average molecular weight is 323 g/mol. The Morgan fingerprint density at radius 2 is 2.23 bits per heavy atom. The van der Waals surface area contributed by atoms with Crippen molar-refractivity contribution in [1.29, 1.82) is 0 Å². The number of thiazole rings is 1. The van der Waals surface area contributed by atoms with E-state index in [-0.39, 0.29) is 18.3 Å². The molecule has 0 amide bonds. The van der Waals surface area contributed by atoms with Gasteiger partial charge in [-0.1, -0.05) is 12.1 Å². The van der Waals surface area contributed by atoms with Crippen molar-refractivity contribution in [2.24, 2.45) is 5.92 Å². The van der Waals surface area contributed by atoms with Crippen molar-refractivity contribution in [3.8, 4) is 0 Å². The fourth-order valence-electron chi connectivity index (χ4n) is 2.70. The summed E-state index contributed by atoms with van der Waals surface area (Å²) in [6.45, 7) is 6.20. The summed E-state index contributed by atoms with van der Waals surface area (Å²) in [5, 5.41) is 7.03. The summed E-state index contributed by atoms with van der Waals surface area (Å²) in [6.07, 6.45) is 1.75. The third-order valence-electron chi connectivity index (χ3n) is 3.94. The van der Waals surface area contributed by atoms with Crippen LogP contribution >= 0.6 is 11.3 Å². The van der Waals surface area contributed by atoms with Crippen LogP contribution in [-0.2, 0) is 15.9 Å². The molecule has 1 aliphatic rings. The van der Waals surface area contributed by atoms with E-state index in [0.717, 1.165) is 17.1 Å². The van der Waals surface area contributed by atoms with E-state index >= 15 is 0 Å². The van der Waals surface area contributed by atoms with Crippen LogP contribution < -0.4 is 0 Å². The molecule has 7 heteroatoms. The molecule has 2 aromatic heterocycles. The predicted molar refractivity (Wildman–Crippen MR) is 81.7 cm³/mol. The third kappa shape index (κ3) is 3.21. The van der Waals surface area contributed by atoms with Crippen LogP contribution in [0.2, 0.25) is 0 Å². The summed E-state index contributed by atoms with van der Waals surface area (Å²) in [6, 6.07) is 0. The van der Waals surface area contributed by atoms with Crippen LogP contribution in [-0.4, -0.2) is 28.3 Å². The molecule has 2 aromatic rings. The van der Waals surface area contributed by atoms with Crippen LogP contribution in [0.1, 0.15) is 61.8 Å². The van der Waals surface area contributed by atoms with E-state index in [2.05, 4.69) is 29.0 Å². The van der Waals surface area contributed by atoms with Gasteiger partial charge >= 0.3 is 0 Å². The van der Waals surface area contributed by atoms with Gasteiger partial charge in [0.15, 0.2) is 5.82 Å². The number of nitrogens with zero attached hydrogens (tertiary/aromatic N) is 3. The normalized spacial score (nSPS) is 26.5. The zero-order valence-electron chi connectivity index (χ0n) is 13.3. The van der Waals surface area contributed by atoms with E-state index < -0.39 is 0 Å². The molecule has 0 aromatic carbocycles. The fourth-order valence-corrected chi connectivity index (χ4v) is 3.55. The van der Waals surface area contributed by atoms with Gasteiger partial charge in [-0.3, -0.25) is 0 Å². The van der Waals surface area contributed by atoms with Crippen molar-refractivity contribution in [1.82, 2.24) is 15.1 Å². The number of hydrogen-bond acceptors (Lipinski definition) is 7. The average Bonchev–Trinajstić information content (AvgIpc) is 3.19. The van der Waals surface area contributed by atoms with Crippen LogP contribution in [0.25, 0.3) is 0 Å². The highest BCUT2D eigenvalue weighted by Crippen LogP contribution is 2.36. The van der Waals surface area contributed by atoms with Crippen LogP contribution in [0, 0.1) is 5.92 Å². The zero-order valence-corrected chi connectivity index (χ0v) is 14.1. The molecule has 4 unspecified atom stereocenters. The Morgan fingerprint density at radius 3 is 2.91 bits per heavy atom. The molecule has 3 rings (SSSR count). The number of ether oxygens (including phenoxy) is 2. The highest BCUT2D eigenvalue weighted by atomic mass is 32.1. The first-order valence-corrected chi connectivity index (χ1v) is 8.39. The third-order valence-corrected chi connectivity index (χ3v) is 4.99. The Balaban J connectivity index is 1.68. The van der Waals surface area contributed by atoms with Gasteiger partial charge in [-0.25, -0.2) is 4.98 Å². The molecular formula is C15H21N3O3S. The van der Waals surface area contributed by atoms with Gasteiger partial charge in [0.25, 0.3) is 5.89 Å². The summed E-state index contributed by atoms with van der Waals surface area (Å²) in [5.74, 6) is 1.62. The highest BCUT2D eigenvalue weighted by molar-refractivity contribution is 7.09. The first-order chi connectivity index (χ1) is 10.6. The van der Waals surface area contributed by atoms with Gasteiger partial charge in [0.1, 0.15) is 17.2 Å². The first-order valence-electron chi connectivity index (χ1n) is 7.51. The molecule has 1 fully saturated rings. The minimum atomic E-state index is -0.0873. The lowest BCUT2D eigenvalue weighted by Crippen LogP contribution is -2.05. The van der Waals surface area contributed by atoms with Crippen LogP contribution in [0.5, 0.6) is 0 Å². The molecule has 6 nitrogen and oxygen atoms in total. The van der Waals surface area contributed by atoms with Crippen molar-refractivity contribution in [3.05, 3.63) is 27.8 Å². The molecule has 0 saturated carbocycles. The van der Waals surface area contributed by atoms with Crippen molar-refractivity contribution in [3.63, 3.8) is 0 Å². The predicted octanol–water partition coefficient (Wildman–Crippen LogP) is 3.31. The number of methoxy groups -OCH3 is 1. The number of hydrogen-bond donors (Lipinski definition) is 0. The first kappa shape index (κ1) is 15.6. The van der Waals surface area contributed by atoms with E-state index in [1.54, 1.807) is 18.4 Å². The fraction of sp³-hybridized carbons (Fsp3) is 0.667. The van der Waals surface area contributed by atoms with Gasteiger partial charge < -0.3 is 14.0 Å². The van der Waals surface area contributed by atoms with E-state index in [0.29, 0.717) is 24.1 Å². The minimum absolute atomic E-state index is 0.00815. The second kappa shape index (κ2) is 6.44. The van der Waals surface area contributed by atoms with Gasteiger partial charge in [0.05, 0.1) is 18.2 Å². The molecule has 22 heavy (non-hydrogen) atoms. The summed E-state index contributed by atoms with van der Waals surface area (Å²) in [4.78, 5) is 9.03. The molecular weight excluding hydrogens is 302 g/mol. The standard InChI is InChI=1S/C15H21N3O3S/c1-8-5-9(2)20-13(8)14-17-12(18-21-14)6-11-7-22-15(16-11)10(3)19-4/h7-10,13H,5-6H2,1-4H3. The molecule has 120 valence electrons. The molecule has 0 radical (unpaired) electrons. The monoisotopic (exact) mass is 323 g/mol. The summed E-state index contributed by atoms with van der Waals surface area (Å²) < 4.78 is 16.5. The number of rotatable bonds is 5. The smallest absolute Gasteiger partial charge is 0.256 e. The zero-order chi connectivity index (χ0) is 15.7. The Hall–Kier alpha value is -1.31. The quantitative estimate of drug-likeness (QED) is 0.840. The second-order valence-corrected chi connectivity index (χ2v) is 6.75. The Kier molecular flexibility index (Phi) is 4.56. The molecule has 0 aliphatic carbocycles. The van der Waals surface area contributed by atoms with Crippen LogP contribution in [0.3, 0.4) is 0 Å². The molecule has 0 N–H and O–H groups in total. The Bertz CT molecular complexity index is 627. The SMILES string of the molecule is COC(C)c1nc(Cc2noc(C3OC(C)CC3C)n2)cs1. The summed E-state index contributed by atoms with van der Waals surface area (Å²) >= 11 is 1.59. The molecule has 1 aliphatic heterocycles. The van der Waals surface area contributed by atoms with Gasteiger partial charge in [0.2, 0.25) is 0 Å². The van der Waals surface area contributed by atoms with Gasteiger partial charge in [0, 0.05) is 12.5 Å². The van der Waals surface area contributed by atoms with Crippen molar-refractivity contribution < 1.29 is 14.0 Å². The lowest BCUT2D eigenvalue weighted by Gasteiger charge is -2.08. The Morgan fingerprint density at radius 1 is 1.41 bits per heavy atom. The van der Waals surface area contributed by atoms with Gasteiger partial charge in [-0.2, -0.15) is 4.98 Å². The minimum Gasteiger partial charge on any atom is -0.375 e. The maximum Gasteiger partial charge on any atom is 0.256 e. The van der Waals surface area contributed by atoms with E-state index in [4.69, 9.17) is 14.0 Å². The lowest BCUT2D eigenvalue weighted by molar-refractivity contribution is 0.0243. The maximum atomic E-state index is 5.85. The molecule has 1 saturated heterocycles. The largest absolute Gasteiger partial charge is 0.375 e. The van der Waals surface area contributed by atoms with E-state index in [1.807, 2.05) is 12.3 Å². The molecule has 3 heterocycles.